The molecule has 0 aliphatic carbocycles. The average Bonchev–Trinajstić information content (AvgIpc) is 2.54. The van der Waals surface area contributed by atoms with E-state index in [1.54, 1.807) is 0 Å². The van der Waals surface area contributed by atoms with Gasteiger partial charge in [-0.3, -0.25) is 9.69 Å². The summed E-state index contributed by atoms with van der Waals surface area (Å²) in [4.78, 5) is 15.0. The topological polar surface area (TPSA) is 41.6 Å². The van der Waals surface area contributed by atoms with E-state index in [-0.39, 0.29) is 5.91 Å². The number of hydrogen-bond acceptors (Lipinski definition) is 3. The Labute approximate surface area is 153 Å². The van der Waals surface area contributed by atoms with Crippen LogP contribution in [0.2, 0.25) is 0 Å². The number of halogens is 1. The van der Waals surface area contributed by atoms with E-state index in [1.807, 2.05) is 25.1 Å². The Kier molecular flexibility index (Phi) is 7.30. The first-order valence-electron chi connectivity index (χ1n) is 8.34. The van der Waals surface area contributed by atoms with Crippen molar-refractivity contribution in [3.8, 4) is 0 Å². The second kappa shape index (κ2) is 8.99. The summed E-state index contributed by atoms with van der Waals surface area (Å²) in [5.74, 6) is 0.638. The summed E-state index contributed by atoms with van der Waals surface area (Å²) in [6, 6.07) is 6.26. The van der Waals surface area contributed by atoms with Gasteiger partial charge in [0.05, 0.1) is 18.8 Å². The zero-order valence-corrected chi connectivity index (χ0v) is 16.4. The Hall–Kier alpha value is -0.660. The Morgan fingerprint density at radius 2 is 2.04 bits per heavy atom. The average molecular weight is 430 g/mol. The normalized spacial score (nSPS) is 17.3. The number of amides is 1. The highest BCUT2D eigenvalue weighted by atomic mass is 127. The van der Waals surface area contributed by atoms with Crippen LogP contribution in [0, 0.1) is 16.4 Å². The second-order valence-corrected chi connectivity index (χ2v) is 7.66. The van der Waals surface area contributed by atoms with Crippen molar-refractivity contribution in [3.05, 3.63) is 32.9 Å². The highest BCUT2D eigenvalue weighted by molar-refractivity contribution is 14.1. The molecule has 1 heterocycles. The minimum Gasteiger partial charge on any atom is -0.379 e. The van der Waals surface area contributed by atoms with Gasteiger partial charge in [0, 0.05) is 29.2 Å². The molecule has 5 heteroatoms. The van der Waals surface area contributed by atoms with Gasteiger partial charge < -0.3 is 10.1 Å². The minimum atomic E-state index is 0.0279. The molecule has 1 amide bonds. The van der Waals surface area contributed by atoms with Crippen LogP contribution in [0.3, 0.4) is 0 Å². The third-order valence-corrected chi connectivity index (χ3v) is 5.67. The molecule has 0 bridgehead atoms. The van der Waals surface area contributed by atoms with Crippen LogP contribution in [-0.4, -0.2) is 49.7 Å². The summed E-state index contributed by atoms with van der Waals surface area (Å²) in [7, 11) is 0. The first-order valence-corrected chi connectivity index (χ1v) is 9.42. The molecule has 1 unspecified atom stereocenters. The van der Waals surface area contributed by atoms with Crippen LogP contribution >= 0.6 is 22.6 Å². The van der Waals surface area contributed by atoms with Crippen molar-refractivity contribution in [1.29, 1.82) is 0 Å². The van der Waals surface area contributed by atoms with E-state index in [9.17, 15) is 4.79 Å². The van der Waals surface area contributed by atoms with Gasteiger partial charge in [-0.1, -0.05) is 26.0 Å². The van der Waals surface area contributed by atoms with Crippen LogP contribution in [0.5, 0.6) is 0 Å². The Morgan fingerprint density at radius 1 is 1.35 bits per heavy atom. The second-order valence-electron chi connectivity index (χ2n) is 6.58. The largest absolute Gasteiger partial charge is 0.379 e. The molecule has 0 aromatic heterocycles. The summed E-state index contributed by atoms with van der Waals surface area (Å²) >= 11 is 2.25. The summed E-state index contributed by atoms with van der Waals surface area (Å²) < 4.78 is 6.49. The molecule has 1 saturated heterocycles. The molecule has 4 nitrogen and oxygen atoms in total. The van der Waals surface area contributed by atoms with Crippen molar-refractivity contribution < 1.29 is 9.53 Å². The predicted molar refractivity (Wildman–Crippen MR) is 102 cm³/mol. The van der Waals surface area contributed by atoms with Crippen LogP contribution in [0.1, 0.15) is 36.2 Å². The van der Waals surface area contributed by atoms with Crippen molar-refractivity contribution >= 4 is 28.5 Å². The van der Waals surface area contributed by atoms with E-state index in [4.69, 9.17) is 4.74 Å². The van der Waals surface area contributed by atoms with Crippen LogP contribution < -0.4 is 5.32 Å². The summed E-state index contributed by atoms with van der Waals surface area (Å²) in [5, 5.41) is 3.14. The standard InChI is InChI=1S/C18H27IN2O2/c1-13(2)11-15(21-7-9-23-10-8-21)12-20-18(22)16-6-4-5-14(3)17(16)19/h4-6,13,15H,7-12H2,1-3H3,(H,20,22). The highest BCUT2D eigenvalue weighted by Crippen LogP contribution is 2.17. The van der Waals surface area contributed by atoms with Gasteiger partial charge in [-0.25, -0.2) is 0 Å². The lowest BCUT2D eigenvalue weighted by atomic mass is 10.0. The van der Waals surface area contributed by atoms with Gasteiger partial charge in [-0.05, 0) is 53.5 Å². The summed E-state index contributed by atoms with van der Waals surface area (Å²) in [6.07, 6.45) is 1.09. The third kappa shape index (κ3) is 5.43. The minimum absolute atomic E-state index is 0.0279. The lowest BCUT2D eigenvalue weighted by Crippen LogP contribution is -2.49. The zero-order valence-electron chi connectivity index (χ0n) is 14.3. The molecule has 1 aromatic rings. The van der Waals surface area contributed by atoms with Gasteiger partial charge in [0.1, 0.15) is 0 Å². The van der Waals surface area contributed by atoms with E-state index in [0.29, 0.717) is 18.5 Å². The Morgan fingerprint density at radius 3 is 2.70 bits per heavy atom. The number of carbonyl (C=O) groups excluding carboxylic acids is 1. The SMILES string of the molecule is Cc1cccc(C(=O)NCC(CC(C)C)N2CCOCC2)c1I. The molecule has 1 atom stereocenters. The maximum Gasteiger partial charge on any atom is 0.252 e. The van der Waals surface area contributed by atoms with Crippen molar-refractivity contribution in [1.82, 2.24) is 10.2 Å². The van der Waals surface area contributed by atoms with Crippen molar-refractivity contribution in [2.24, 2.45) is 5.92 Å². The Balaban J connectivity index is 1.99. The van der Waals surface area contributed by atoms with Crippen molar-refractivity contribution in [2.45, 2.75) is 33.2 Å². The fraction of sp³-hybridized carbons (Fsp3) is 0.611. The third-order valence-electron chi connectivity index (χ3n) is 4.24. The Bertz CT molecular complexity index is 528. The number of morpholine rings is 1. The fourth-order valence-corrected chi connectivity index (χ4v) is 3.58. The first kappa shape index (κ1) is 18.7. The monoisotopic (exact) mass is 430 g/mol. The molecule has 0 radical (unpaired) electrons. The van der Waals surface area contributed by atoms with E-state index in [0.717, 1.165) is 47.4 Å². The molecule has 0 spiro atoms. The van der Waals surface area contributed by atoms with E-state index in [1.165, 1.54) is 0 Å². The van der Waals surface area contributed by atoms with E-state index in [2.05, 4.69) is 46.7 Å². The summed E-state index contributed by atoms with van der Waals surface area (Å²) in [6.45, 7) is 10.7. The van der Waals surface area contributed by atoms with Gasteiger partial charge in [0.25, 0.3) is 5.91 Å². The van der Waals surface area contributed by atoms with Gasteiger partial charge in [-0.2, -0.15) is 0 Å². The van der Waals surface area contributed by atoms with Gasteiger partial charge in [0.15, 0.2) is 0 Å². The van der Waals surface area contributed by atoms with Gasteiger partial charge in [0.2, 0.25) is 0 Å². The van der Waals surface area contributed by atoms with E-state index < -0.39 is 0 Å². The molecule has 1 aromatic carbocycles. The van der Waals surface area contributed by atoms with Gasteiger partial charge >= 0.3 is 0 Å². The van der Waals surface area contributed by atoms with Crippen LogP contribution in [0.15, 0.2) is 18.2 Å². The molecule has 1 aliphatic heterocycles. The van der Waals surface area contributed by atoms with Crippen LogP contribution in [0.4, 0.5) is 0 Å². The number of rotatable bonds is 6. The lowest BCUT2D eigenvalue weighted by molar-refractivity contribution is 0.0124. The van der Waals surface area contributed by atoms with Crippen molar-refractivity contribution in [2.75, 3.05) is 32.8 Å². The van der Waals surface area contributed by atoms with Gasteiger partial charge in [-0.15, -0.1) is 0 Å². The number of nitrogens with zero attached hydrogens (tertiary/aromatic N) is 1. The fourth-order valence-electron chi connectivity index (χ4n) is 2.98. The molecule has 0 saturated carbocycles. The molecule has 1 aliphatic rings. The maximum atomic E-state index is 12.5. The number of benzene rings is 1. The van der Waals surface area contributed by atoms with Crippen molar-refractivity contribution in [3.63, 3.8) is 0 Å². The molecule has 1 N–H and O–H groups in total. The molecular weight excluding hydrogens is 403 g/mol. The number of ether oxygens (including phenoxy) is 1. The molecule has 128 valence electrons. The highest BCUT2D eigenvalue weighted by Gasteiger charge is 2.23. The molecular formula is C18H27IN2O2. The quantitative estimate of drug-likeness (QED) is 0.706. The molecule has 2 rings (SSSR count). The number of hydrogen-bond donors (Lipinski definition) is 1. The van der Waals surface area contributed by atoms with Crippen LogP contribution in [-0.2, 0) is 4.74 Å². The predicted octanol–water partition coefficient (Wildman–Crippen LogP) is 3.08. The molecule has 1 fully saturated rings. The number of carbonyl (C=O) groups is 1. The number of nitrogens with one attached hydrogen (secondary N) is 1. The van der Waals surface area contributed by atoms with E-state index >= 15 is 0 Å². The molecule has 23 heavy (non-hydrogen) atoms. The van der Waals surface area contributed by atoms with Crippen LogP contribution in [0.25, 0.3) is 0 Å². The summed E-state index contributed by atoms with van der Waals surface area (Å²) in [5.41, 5.74) is 1.92. The maximum absolute atomic E-state index is 12.5. The number of aryl methyl sites for hydroxylation is 1. The first-order chi connectivity index (χ1) is 11.0. The smallest absolute Gasteiger partial charge is 0.252 e. The zero-order chi connectivity index (χ0) is 16.8. The lowest BCUT2D eigenvalue weighted by Gasteiger charge is -2.35.